The number of halogens is 1. The highest BCUT2D eigenvalue weighted by molar-refractivity contribution is 9.10. The second-order valence-corrected chi connectivity index (χ2v) is 8.11. The van der Waals surface area contributed by atoms with Crippen LogP contribution in [0.15, 0.2) is 28.9 Å². The molecule has 1 aromatic carbocycles. The number of hydrogen-bond donors (Lipinski definition) is 2. The lowest BCUT2D eigenvalue weighted by atomic mass is 9.95. The van der Waals surface area contributed by atoms with Gasteiger partial charge in [0.2, 0.25) is 0 Å². The zero-order valence-electron chi connectivity index (χ0n) is 13.7. The van der Waals surface area contributed by atoms with Gasteiger partial charge in [-0.15, -0.1) is 0 Å². The summed E-state index contributed by atoms with van der Waals surface area (Å²) in [5.41, 5.74) is 1.36. The summed E-state index contributed by atoms with van der Waals surface area (Å²) in [6.45, 7) is 9.56. The molecule has 0 saturated carbocycles. The number of amides is 1. The first-order valence-corrected chi connectivity index (χ1v) is 8.12. The molecule has 1 amide bonds. The number of ether oxygens (including phenoxy) is 1. The summed E-state index contributed by atoms with van der Waals surface area (Å²) in [5, 5.41) is 4.11. The monoisotopic (exact) mass is 366 g/mol. The molecule has 4 nitrogen and oxygen atoms in total. The molecular weight excluding hydrogens is 344 g/mol. The van der Waals surface area contributed by atoms with Crippen molar-refractivity contribution in [1.82, 2.24) is 10.3 Å². The predicted octanol–water partition coefficient (Wildman–Crippen LogP) is 4.78. The third-order valence-electron chi connectivity index (χ3n) is 3.20. The first-order valence-electron chi connectivity index (χ1n) is 7.32. The second-order valence-electron chi connectivity index (χ2n) is 7.19. The SMILES string of the molecule is CC(C)(Cc1c[nH]c2cc(Br)ccc12)NC(=O)OC(C)(C)C. The first-order chi connectivity index (χ1) is 10.1. The van der Waals surface area contributed by atoms with Crippen LogP contribution in [-0.4, -0.2) is 22.2 Å². The van der Waals surface area contributed by atoms with Gasteiger partial charge in [-0.2, -0.15) is 0 Å². The van der Waals surface area contributed by atoms with Crippen molar-refractivity contribution in [2.75, 3.05) is 0 Å². The fourth-order valence-corrected chi connectivity index (χ4v) is 2.77. The maximum atomic E-state index is 12.0. The van der Waals surface area contributed by atoms with Crippen molar-refractivity contribution >= 4 is 32.9 Å². The summed E-state index contributed by atoms with van der Waals surface area (Å²) in [4.78, 5) is 15.2. The Bertz CT molecular complexity index is 684. The highest BCUT2D eigenvalue weighted by Gasteiger charge is 2.25. The smallest absolute Gasteiger partial charge is 0.408 e. The number of aromatic nitrogens is 1. The maximum absolute atomic E-state index is 12.0. The molecule has 0 unspecified atom stereocenters. The Morgan fingerprint density at radius 1 is 1.27 bits per heavy atom. The van der Waals surface area contributed by atoms with Crippen molar-refractivity contribution in [1.29, 1.82) is 0 Å². The molecule has 0 radical (unpaired) electrons. The second kappa shape index (κ2) is 5.95. The Kier molecular flexibility index (Phi) is 4.57. The van der Waals surface area contributed by atoms with Crippen LogP contribution in [0, 0.1) is 0 Å². The van der Waals surface area contributed by atoms with Gasteiger partial charge < -0.3 is 15.0 Å². The van der Waals surface area contributed by atoms with Crippen LogP contribution in [0.5, 0.6) is 0 Å². The Morgan fingerprint density at radius 2 is 1.95 bits per heavy atom. The minimum absolute atomic E-state index is 0.389. The van der Waals surface area contributed by atoms with Gasteiger partial charge in [-0.3, -0.25) is 0 Å². The number of carbonyl (C=O) groups is 1. The van der Waals surface area contributed by atoms with Gasteiger partial charge >= 0.3 is 6.09 Å². The van der Waals surface area contributed by atoms with Gasteiger partial charge in [0, 0.05) is 27.1 Å². The number of hydrogen-bond acceptors (Lipinski definition) is 2. The van der Waals surface area contributed by atoms with Gasteiger partial charge in [0.1, 0.15) is 5.60 Å². The highest BCUT2D eigenvalue weighted by atomic mass is 79.9. The molecule has 22 heavy (non-hydrogen) atoms. The average Bonchev–Trinajstić information content (AvgIpc) is 2.67. The molecule has 2 N–H and O–H groups in total. The van der Waals surface area contributed by atoms with Gasteiger partial charge in [0.05, 0.1) is 0 Å². The molecule has 2 rings (SSSR count). The molecule has 0 aliphatic carbocycles. The normalized spacial score (nSPS) is 12.5. The topological polar surface area (TPSA) is 54.1 Å². The van der Waals surface area contributed by atoms with E-state index in [4.69, 9.17) is 4.74 Å². The van der Waals surface area contributed by atoms with Crippen LogP contribution in [0.25, 0.3) is 10.9 Å². The summed E-state index contributed by atoms with van der Waals surface area (Å²) in [5.74, 6) is 0. The third-order valence-corrected chi connectivity index (χ3v) is 3.69. The lowest BCUT2D eigenvalue weighted by molar-refractivity contribution is 0.0472. The number of benzene rings is 1. The van der Waals surface area contributed by atoms with E-state index in [1.165, 1.54) is 10.9 Å². The van der Waals surface area contributed by atoms with Gasteiger partial charge in [0.25, 0.3) is 0 Å². The van der Waals surface area contributed by atoms with Crippen LogP contribution < -0.4 is 5.32 Å². The molecule has 2 aromatic rings. The van der Waals surface area contributed by atoms with Crippen LogP contribution >= 0.6 is 15.9 Å². The third kappa shape index (κ3) is 4.50. The molecule has 0 saturated heterocycles. The number of H-pyrrole nitrogens is 1. The van der Waals surface area contributed by atoms with Crippen molar-refractivity contribution in [2.45, 2.75) is 52.2 Å². The molecule has 5 heteroatoms. The fourth-order valence-electron chi connectivity index (χ4n) is 2.41. The number of alkyl carbamates (subject to hydrolysis) is 1. The van der Waals surface area contributed by atoms with E-state index in [2.05, 4.69) is 32.3 Å². The zero-order chi connectivity index (χ0) is 16.5. The number of aromatic amines is 1. The Morgan fingerprint density at radius 3 is 2.59 bits per heavy atom. The summed E-state index contributed by atoms with van der Waals surface area (Å²) in [6, 6.07) is 6.15. The minimum Gasteiger partial charge on any atom is -0.444 e. The molecule has 0 spiro atoms. The van der Waals surface area contributed by atoms with Crippen LogP contribution in [-0.2, 0) is 11.2 Å². The standard InChI is InChI=1S/C17H23BrN2O2/c1-16(2,3)22-15(21)20-17(4,5)9-11-10-19-14-8-12(18)6-7-13(11)14/h6-8,10,19H,9H2,1-5H3,(H,20,21). The molecule has 120 valence electrons. The number of rotatable bonds is 3. The van der Waals surface area contributed by atoms with Crippen molar-refractivity contribution in [3.63, 3.8) is 0 Å². The van der Waals surface area contributed by atoms with E-state index in [9.17, 15) is 4.79 Å². The Labute approximate surface area is 139 Å². The molecule has 0 fully saturated rings. The van der Waals surface area contributed by atoms with Crippen molar-refractivity contribution in [3.05, 3.63) is 34.4 Å². The lowest BCUT2D eigenvalue weighted by Crippen LogP contribution is -2.47. The molecular formula is C17H23BrN2O2. The Balaban J connectivity index is 2.11. The Hall–Kier alpha value is -1.49. The van der Waals surface area contributed by atoms with E-state index in [0.717, 1.165) is 9.99 Å². The summed E-state index contributed by atoms with van der Waals surface area (Å²) in [7, 11) is 0. The fraction of sp³-hybridized carbons (Fsp3) is 0.471. The van der Waals surface area contributed by atoms with Gasteiger partial charge in [-0.25, -0.2) is 4.79 Å². The molecule has 1 aromatic heterocycles. The summed E-state index contributed by atoms with van der Waals surface area (Å²) < 4.78 is 6.37. The maximum Gasteiger partial charge on any atom is 0.408 e. The van der Waals surface area contributed by atoms with Gasteiger partial charge in [-0.1, -0.05) is 22.0 Å². The number of fused-ring (bicyclic) bond motifs is 1. The van der Waals surface area contributed by atoms with Crippen LogP contribution in [0.1, 0.15) is 40.2 Å². The van der Waals surface area contributed by atoms with E-state index in [1.807, 2.05) is 52.9 Å². The van der Waals surface area contributed by atoms with E-state index >= 15 is 0 Å². The summed E-state index contributed by atoms with van der Waals surface area (Å²) in [6.07, 6.45) is 2.32. The molecule has 0 atom stereocenters. The van der Waals surface area contributed by atoms with Crippen molar-refractivity contribution < 1.29 is 9.53 Å². The van der Waals surface area contributed by atoms with E-state index in [0.29, 0.717) is 6.42 Å². The quantitative estimate of drug-likeness (QED) is 0.821. The first kappa shape index (κ1) is 16.9. The molecule has 0 aliphatic heterocycles. The van der Waals surface area contributed by atoms with Crippen LogP contribution in [0.3, 0.4) is 0 Å². The van der Waals surface area contributed by atoms with E-state index < -0.39 is 11.1 Å². The van der Waals surface area contributed by atoms with Gasteiger partial charge in [-0.05, 0) is 58.7 Å². The molecule has 1 heterocycles. The number of carbonyl (C=O) groups excluding carboxylic acids is 1. The minimum atomic E-state index is -0.493. The van der Waals surface area contributed by atoms with Crippen molar-refractivity contribution in [2.24, 2.45) is 0 Å². The largest absolute Gasteiger partial charge is 0.444 e. The average molecular weight is 367 g/mol. The highest BCUT2D eigenvalue weighted by Crippen LogP contribution is 2.25. The van der Waals surface area contributed by atoms with Crippen LogP contribution in [0.4, 0.5) is 4.79 Å². The predicted molar refractivity (Wildman–Crippen MR) is 93.2 cm³/mol. The number of nitrogens with one attached hydrogen (secondary N) is 2. The zero-order valence-corrected chi connectivity index (χ0v) is 15.3. The van der Waals surface area contributed by atoms with Crippen LogP contribution in [0.2, 0.25) is 0 Å². The molecule has 0 aliphatic rings. The molecule has 0 bridgehead atoms. The summed E-state index contributed by atoms with van der Waals surface area (Å²) >= 11 is 3.47. The van der Waals surface area contributed by atoms with E-state index in [1.54, 1.807) is 0 Å². The van der Waals surface area contributed by atoms with Crippen molar-refractivity contribution in [3.8, 4) is 0 Å². The van der Waals surface area contributed by atoms with E-state index in [-0.39, 0.29) is 6.09 Å². The lowest BCUT2D eigenvalue weighted by Gasteiger charge is -2.28. The van der Waals surface area contributed by atoms with Gasteiger partial charge in [0.15, 0.2) is 0 Å².